The second kappa shape index (κ2) is 7.56. The zero-order chi connectivity index (χ0) is 22.3. The van der Waals surface area contributed by atoms with Crippen LogP contribution in [-0.4, -0.2) is 27.8 Å². The average molecular weight is 439 g/mol. The first kappa shape index (κ1) is 19.9. The van der Waals surface area contributed by atoms with E-state index in [4.69, 9.17) is 4.84 Å². The van der Waals surface area contributed by atoms with Crippen LogP contribution >= 0.6 is 0 Å². The Morgan fingerprint density at radius 2 is 1.88 bits per heavy atom. The molecule has 3 aromatic rings. The van der Waals surface area contributed by atoms with Crippen molar-refractivity contribution in [1.29, 1.82) is 0 Å². The maximum Gasteiger partial charge on any atom is 0.418 e. The van der Waals surface area contributed by atoms with Gasteiger partial charge in [-0.05, 0) is 12.1 Å². The topological polar surface area (TPSA) is 80.5 Å². The van der Waals surface area contributed by atoms with Crippen molar-refractivity contribution in [2.24, 2.45) is 5.16 Å². The second-order valence-corrected chi connectivity index (χ2v) is 7.17. The summed E-state index contributed by atoms with van der Waals surface area (Å²) in [5.74, 6) is -0.641. The molecule has 0 unspecified atom stereocenters. The van der Waals surface area contributed by atoms with Crippen LogP contribution in [0.2, 0.25) is 0 Å². The lowest BCUT2D eigenvalue weighted by atomic mass is 9.99. The van der Waals surface area contributed by atoms with Crippen molar-refractivity contribution in [2.75, 3.05) is 17.2 Å². The molecule has 0 saturated carbocycles. The standard InChI is InChI=1S/C22H16F3N5O2/c23-22(24,25)15-6-3-5-14-17(21(31)28-18(14)15)20-19(13-4-1-2-7-16(13)27-20)29-32-11-10-30-9-8-26-12-30/h1-9,12,27H,10-11H2,(H,28,31)/b20-17-,29-19+. The Kier molecular flexibility index (Phi) is 4.69. The van der Waals surface area contributed by atoms with Crippen LogP contribution in [0.25, 0.3) is 5.57 Å². The summed E-state index contributed by atoms with van der Waals surface area (Å²) in [7, 11) is 0. The smallest absolute Gasteiger partial charge is 0.393 e. The summed E-state index contributed by atoms with van der Waals surface area (Å²) in [5.41, 5.74) is 1.10. The van der Waals surface area contributed by atoms with Gasteiger partial charge >= 0.3 is 6.18 Å². The third kappa shape index (κ3) is 3.39. The Hall–Kier alpha value is -4.08. The number of anilines is 2. The maximum atomic E-state index is 13.5. The monoisotopic (exact) mass is 439 g/mol. The number of carbonyl (C=O) groups excluding carboxylic acids is 1. The summed E-state index contributed by atoms with van der Waals surface area (Å²) < 4.78 is 42.2. The van der Waals surface area contributed by atoms with Crippen molar-refractivity contribution in [3.05, 3.63) is 83.6 Å². The highest BCUT2D eigenvalue weighted by Crippen LogP contribution is 2.44. The molecule has 1 aromatic heterocycles. The van der Waals surface area contributed by atoms with Crippen LogP contribution in [-0.2, 0) is 22.4 Å². The van der Waals surface area contributed by atoms with Crippen molar-refractivity contribution in [2.45, 2.75) is 12.7 Å². The SMILES string of the molecule is O=C1Nc2c(cccc2C(F)(F)F)/C1=C1/Nc2ccccc2/C1=N\OCCn1ccnc1. The minimum absolute atomic E-state index is 0.0826. The van der Waals surface area contributed by atoms with Crippen molar-refractivity contribution < 1.29 is 22.8 Å². The van der Waals surface area contributed by atoms with Crippen LogP contribution in [0.1, 0.15) is 16.7 Å². The molecule has 162 valence electrons. The number of fused-ring (bicyclic) bond motifs is 2. The molecule has 0 fully saturated rings. The molecular weight excluding hydrogens is 423 g/mol. The van der Waals surface area contributed by atoms with Crippen molar-refractivity contribution in [1.82, 2.24) is 9.55 Å². The minimum Gasteiger partial charge on any atom is -0.393 e. The molecule has 32 heavy (non-hydrogen) atoms. The van der Waals surface area contributed by atoms with E-state index in [0.29, 0.717) is 29.2 Å². The van der Waals surface area contributed by atoms with E-state index in [9.17, 15) is 18.0 Å². The van der Waals surface area contributed by atoms with Gasteiger partial charge in [-0.15, -0.1) is 0 Å². The molecule has 5 rings (SSSR count). The van der Waals surface area contributed by atoms with Gasteiger partial charge in [0, 0.05) is 29.2 Å². The van der Waals surface area contributed by atoms with E-state index in [1.165, 1.54) is 12.1 Å². The Labute approximate surface area is 180 Å². The molecular formula is C22H16F3N5O2. The van der Waals surface area contributed by atoms with Gasteiger partial charge in [0.2, 0.25) is 0 Å². The van der Waals surface area contributed by atoms with Gasteiger partial charge in [-0.3, -0.25) is 4.79 Å². The lowest BCUT2D eigenvalue weighted by Gasteiger charge is -2.11. The van der Waals surface area contributed by atoms with E-state index < -0.39 is 17.6 Å². The number of nitrogens with zero attached hydrogens (tertiary/aromatic N) is 3. The van der Waals surface area contributed by atoms with Crippen molar-refractivity contribution in [3.8, 4) is 0 Å². The first-order valence-corrected chi connectivity index (χ1v) is 9.72. The minimum atomic E-state index is -4.60. The summed E-state index contributed by atoms with van der Waals surface area (Å²) in [6.07, 6.45) is 0.484. The molecule has 2 aromatic carbocycles. The molecule has 0 spiro atoms. The quantitative estimate of drug-likeness (QED) is 0.364. The fraction of sp³-hybridized carbons (Fsp3) is 0.136. The second-order valence-electron chi connectivity index (χ2n) is 7.17. The predicted molar refractivity (Wildman–Crippen MR) is 112 cm³/mol. The number of halogens is 3. The van der Waals surface area contributed by atoms with Gasteiger partial charge in [0.1, 0.15) is 12.3 Å². The predicted octanol–water partition coefficient (Wildman–Crippen LogP) is 4.11. The number of hydrogen-bond acceptors (Lipinski definition) is 5. The van der Waals surface area contributed by atoms with E-state index >= 15 is 0 Å². The Morgan fingerprint density at radius 1 is 1.06 bits per heavy atom. The van der Waals surface area contributed by atoms with Gasteiger partial charge in [0.05, 0.1) is 35.4 Å². The van der Waals surface area contributed by atoms with Gasteiger partial charge in [0.25, 0.3) is 5.91 Å². The van der Waals surface area contributed by atoms with Crippen LogP contribution in [0.5, 0.6) is 0 Å². The first-order valence-electron chi connectivity index (χ1n) is 9.72. The van der Waals surface area contributed by atoms with E-state index in [2.05, 4.69) is 20.8 Å². The molecule has 0 aliphatic carbocycles. The number of benzene rings is 2. The average Bonchev–Trinajstić information content (AvgIpc) is 3.47. The van der Waals surface area contributed by atoms with Crippen LogP contribution < -0.4 is 10.6 Å². The molecule has 0 radical (unpaired) electrons. The van der Waals surface area contributed by atoms with E-state index in [-0.39, 0.29) is 23.4 Å². The summed E-state index contributed by atoms with van der Waals surface area (Å²) >= 11 is 0. The maximum absolute atomic E-state index is 13.5. The molecule has 2 aliphatic heterocycles. The molecule has 3 heterocycles. The Balaban J connectivity index is 1.56. The highest BCUT2D eigenvalue weighted by molar-refractivity contribution is 6.39. The number of alkyl halides is 3. The van der Waals surface area contributed by atoms with E-state index in [0.717, 1.165) is 6.07 Å². The van der Waals surface area contributed by atoms with Gasteiger partial charge in [-0.1, -0.05) is 35.5 Å². The molecule has 10 heteroatoms. The van der Waals surface area contributed by atoms with E-state index in [1.807, 2.05) is 4.57 Å². The Bertz CT molecular complexity index is 1260. The number of amides is 1. The molecule has 2 N–H and O–H groups in total. The number of para-hydroxylation sites is 2. The number of nitrogens with one attached hydrogen (secondary N) is 2. The molecule has 0 atom stereocenters. The molecule has 7 nitrogen and oxygen atoms in total. The number of imidazole rings is 1. The zero-order valence-corrected chi connectivity index (χ0v) is 16.5. The van der Waals surface area contributed by atoms with Gasteiger partial charge < -0.3 is 20.0 Å². The summed E-state index contributed by atoms with van der Waals surface area (Å²) in [5, 5.41) is 9.72. The summed E-state index contributed by atoms with van der Waals surface area (Å²) in [6.45, 7) is 0.752. The van der Waals surface area contributed by atoms with Crippen LogP contribution in [0.15, 0.2) is 72.0 Å². The molecule has 0 bridgehead atoms. The lowest BCUT2D eigenvalue weighted by molar-refractivity contribution is -0.136. The highest BCUT2D eigenvalue weighted by atomic mass is 19.4. The third-order valence-corrected chi connectivity index (χ3v) is 5.19. The van der Waals surface area contributed by atoms with Crippen molar-refractivity contribution >= 4 is 28.6 Å². The number of oxime groups is 1. The third-order valence-electron chi connectivity index (χ3n) is 5.19. The lowest BCUT2D eigenvalue weighted by Crippen LogP contribution is -2.13. The highest BCUT2D eigenvalue weighted by Gasteiger charge is 2.41. The number of carbonyl (C=O) groups is 1. The fourth-order valence-corrected chi connectivity index (χ4v) is 3.76. The molecule has 2 aliphatic rings. The van der Waals surface area contributed by atoms with Crippen LogP contribution in [0.3, 0.4) is 0 Å². The number of aromatic nitrogens is 2. The first-order chi connectivity index (χ1) is 15.4. The number of hydrogen-bond donors (Lipinski definition) is 2. The van der Waals surface area contributed by atoms with E-state index in [1.54, 1.807) is 43.0 Å². The summed E-state index contributed by atoms with van der Waals surface area (Å²) in [4.78, 5) is 22.2. The molecule has 1 amide bonds. The van der Waals surface area contributed by atoms with Crippen LogP contribution in [0.4, 0.5) is 24.5 Å². The van der Waals surface area contributed by atoms with Crippen LogP contribution in [0, 0.1) is 0 Å². The largest absolute Gasteiger partial charge is 0.418 e. The van der Waals surface area contributed by atoms with Gasteiger partial charge in [-0.2, -0.15) is 13.2 Å². The van der Waals surface area contributed by atoms with Gasteiger partial charge in [0.15, 0.2) is 0 Å². The normalized spacial score (nSPS) is 18.3. The van der Waals surface area contributed by atoms with Gasteiger partial charge in [-0.25, -0.2) is 4.98 Å². The van der Waals surface area contributed by atoms with Crippen molar-refractivity contribution in [3.63, 3.8) is 0 Å². The zero-order valence-electron chi connectivity index (χ0n) is 16.5. The number of allylic oxidation sites excluding steroid dienone is 1. The fourth-order valence-electron chi connectivity index (χ4n) is 3.76. The number of rotatable bonds is 4. The Morgan fingerprint density at radius 3 is 2.66 bits per heavy atom. The molecule has 0 saturated heterocycles. The summed E-state index contributed by atoms with van der Waals surface area (Å²) in [6, 6.07) is 10.9.